The van der Waals surface area contributed by atoms with Crippen LogP contribution in [0.1, 0.15) is 12.0 Å². The third kappa shape index (κ3) is 5.49. The molecule has 0 bridgehead atoms. The number of ether oxygens (including phenoxy) is 1. The van der Waals surface area contributed by atoms with Crippen molar-refractivity contribution in [1.29, 1.82) is 0 Å². The standard InChI is InChI=1S/C15H24O3Si/c1-5-10-18-19(3,4)11-6-7-13-8-9-14(16)15(12-13)17-2/h5,8-9,12,16H,1,6-7,10-11H2,2-4H3. The Bertz CT molecular complexity index is 416. The molecule has 0 spiro atoms. The van der Waals surface area contributed by atoms with Gasteiger partial charge in [0.15, 0.2) is 19.8 Å². The molecule has 0 aromatic heterocycles. The molecule has 19 heavy (non-hydrogen) atoms. The molecule has 0 saturated heterocycles. The van der Waals surface area contributed by atoms with E-state index in [1.165, 1.54) is 5.56 Å². The van der Waals surface area contributed by atoms with Gasteiger partial charge in [0.2, 0.25) is 0 Å². The summed E-state index contributed by atoms with van der Waals surface area (Å²) < 4.78 is 10.9. The normalized spacial score (nSPS) is 11.3. The lowest BCUT2D eigenvalue weighted by molar-refractivity contribution is 0.351. The van der Waals surface area contributed by atoms with Crippen molar-refractivity contribution in [2.24, 2.45) is 0 Å². The number of hydrogen-bond acceptors (Lipinski definition) is 3. The van der Waals surface area contributed by atoms with Crippen molar-refractivity contribution in [3.8, 4) is 11.5 Å². The predicted molar refractivity (Wildman–Crippen MR) is 81.4 cm³/mol. The van der Waals surface area contributed by atoms with Crippen LogP contribution < -0.4 is 4.74 Å². The first kappa shape index (κ1) is 15.8. The summed E-state index contributed by atoms with van der Waals surface area (Å²) in [6, 6.07) is 6.64. The van der Waals surface area contributed by atoms with Crippen LogP contribution >= 0.6 is 0 Å². The summed E-state index contributed by atoms with van der Waals surface area (Å²) >= 11 is 0. The van der Waals surface area contributed by atoms with E-state index in [0.29, 0.717) is 12.4 Å². The third-order valence-corrected chi connectivity index (χ3v) is 5.59. The first-order valence-corrected chi connectivity index (χ1v) is 9.71. The first-order chi connectivity index (χ1) is 8.98. The van der Waals surface area contributed by atoms with Gasteiger partial charge in [-0.25, -0.2) is 0 Å². The maximum absolute atomic E-state index is 9.54. The summed E-state index contributed by atoms with van der Waals surface area (Å²) in [7, 11) is 0.00460. The zero-order chi connectivity index (χ0) is 14.3. The lowest BCUT2D eigenvalue weighted by Crippen LogP contribution is -2.30. The molecule has 0 atom stereocenters. The van der Waals surface area contributed by atoms with Crippen molar-refractivity contribution >= 4 is 8.32 Å². The molecular weight excluding hydrogens is 256 g/mol. The lowest BCUT2D eigenvalue weighted by atomic mass is 10.1. The minimum Gasteiger partial charge on any atom is -0.504 e. The number of aromatic hydroxyl groups is 1. The van der Waals surface area contributed by atoms with Gasteiger partial charge in [-0.05, 0) is 49.7 Å². The van der Waals surface area contributed by atoms with Gasteiger partial charge in [0, 0.05) is 0 Å². The molecule has 0 unspecified atom stereocenters. The topological polar surface area (TPSA) is 38.7 Å². The van der Waals surface area contributed by atoms with Crippen molar-refractivity contribution in [3.05, 3.63) is 36.4 Å². The van der Waals surface area contributed by atoms with Crippen molar-refractivity contribution < 1.29 is 14.3 Å². The maximum Gasteiger partial charge on any atom is 0.187 e. The van der Waals surface area contributed by atoms with Gasteiger partial charge < -0.3 is 14.3 Å². The van der Waals surface area contributed by atoms with Crippen molar-refractivity contribution in [3.63, 3.8) is 0 Å². The number of aryl methyl sites for hydroxylation is 1. The van der Waals surface area contributed by atoms with Crippen LogP contribution in [0.4, 0.5) is 0 Å². The SMILES string of the molecule is C=CCO[Si](C)(C)CCCc1ccc(O)c(OC)c1. The number of rotatable bonds is 8. The van der Waals surface area contributed by atoms with Crippen LogP contribution in [0.15, 0.2) is 30.9 Å². The van der Waals surface area contributed by atoms with E-state index in [-0.39, 0.29) is 5.75 Å². The molecule has 1 aromatic carbocycles. The molecule has 0 heterocycles. The highest BCUT2D eigenvalue weighted by molar-refractivity contribution is 6.71. The monoisotopic (exact) mass is 280 g/mol. The molecule has 4 heteroatoms. The Kier molecular flexibility index (Phi) is 6.11. The van der Waals surface area contributed by atoms with E-state index in [4.69, 9.17) is 9.16 Å². The maximum atomic E-state index is 9.54. The molecule has 0 fully saturated rings. The highest BCUT2D eigenvalue weighted by atomic mass is 28.4. The van der Waals surface area contributed by atoms with Crippen LogP contribution in [0.2, 0.25) is 19.1 Å². The van der Waals surface area contributed by atoms with E-state index in [1.54, 1.807) is 19.3 Å². The van der Waals surface area contributed by atoms with Gasteiger partial charge in [-0.2, -0.15) is 0 Å². The fraction of sp³-hybridized carbons (Fsp3) is 0.467. The summed E-state index contributed by atoms with van der Waals surface area (Å²) in [4.78, 5) is 0. The average molecular weight is 280 g/mol. The Morgan fingerprint density at radius 1 is 1.37 bits per heavy atom. The lowest BCUT2D eigenvalue weighted by Gasteiger charge is -2.21. The van der Waals surface area contributed by atoms with Gasteiger partial charge in [-0.3, -0.25) is 0 Å². The zero-order valence-corrected chi connectivity index (χ0v) is 13.1. The van der Waals surface area contributed by atoms with Gasteiger partial charge in [0.25, 0.3) is 0 Å². The molecule has 0 aliphatic heterocycles. The quantitative estimate of drug-likeness (QED) is 0.582. The molecule has 0 aliphatic carbocycles. The van der Waals surface area contributed by atoms with E-state index < -0.39 is 8.32 Å². The first-order valence-electron chi connectivity index (χ1n) is 6.59. The summed E-state index contributed by atoms with van der Waals surface area (Å²) in [5.41, 5.74) is 1.18. The van der Waals surface area contributed by atoms with Crippen LogP contribution in [-0.2, 0) is 10.8 Å². The number of benzene rings is 1. The Morgan fingerprint density at radius 3 is 2.74 bits per heavy atom. The Hall–Kier alpha value is -1.26. The molecular formula is C15H24O3Si. The molecule has 3 nitrogen and oxygen atoms in total. The van der Waals surface area contributed by atoms with Crippen LogP contribution in [0.3, 0.4) is 0 Å². The number of methoxy groups -OCH3 is 1. The largest absolute Gasteiger partial charge is 0.504 e. The minimum absolute atomic E-state index is 0.190. The van der Waals surface area contributed by atoms with E-state index in [1.807, 2.05) is 12.1 Å². The number of phenols is 1. The van der Waals surface area contributed by atoms with E-state index in [0.717, 1.165) is 18.9 Å². The third-order valence-electron chi connectivity index (χ3n) is 3.08. The van der Waals surface area contributed by atoms with Crippen LogP contribution in [0, 0.1) is 0 Å². The van der Waals surface area contributed by atoms with Crippen molar-refractivity contribution in [2.75, 3.05) is 13.7 Å². The van der Waals surface area contributed by atoms with Crippen molar-refractivity contribution in [2.45, 2.75) is 32.0 Å². The van der Waals surface area contributed by atoms with E-state index in [9.17, 15) is 5.11 Å². The highest BCUT2D eigenvalue weighted by Crippen LogP contribution is 2.27. The second-order valence-corrected chi connectivity index (χ2v) is 9.53. The molecule has 1 aromatic rings. The van der Waals surface area contributed by atoms with E-state index >= 15 is 0 Å². The molecule has 0 saturated carbocycles. The fourth-order valence-electron chi connectivity index (χ4n) is 1.95. The molecule has 0 aliphatic rings. The second kappa shape index (κ2) is 7.36. The fourth-order valence-corrected chi connectivity index (χ4v) is 3.69. The van der Waals surface area contributed by atoms with E-state index in [2.05, 4.69) is 19.7 Å². The molecule has 1 N–H and O–H groups in total. The number of phenolic OH excluding ortho intramolecular Hbond substituents is 1. The van der Waals surface area contributed by atoms with Crippen LogP contribution in [0.5, 0.6) is 11.5 Å². The van der Waals surface area contributed by atoms with Crippen LogP contribution in [-0.4, -0.2) is 27.1 Å². The Labute approximate surface area is 117 Å². The van der Waals surface area contributed by atoms with Crippen molar-refractivity contribution in [1.82, 2.24) is 0 Å². The Balaban J connectivity index is 2.46. The predicted octanol–water partition coefficient (Wildman–Crippen LogP) is 3.74. The molecule has 106 valence electrons. The van der Waals surface area contributed by atoms with Gasteiger partial charge in [-0.1, -0.05) is 12.1 Å². The smallest absolute Gasteiger partial charge is 0.187 e. The highest BCUT2D eigenvalue weighted by Gasteiger charge is 2.21. The molecule has 0 amide bonds. The van der Waals surface area contributed by atoms with Gasteiger partial charge in [-0.15, -0.1) is 6.58 Å². The summed E-state index contributed by atoms with van der Waals surface area (Å²) in [5, 5.41) is 9.54. The summed E-state index contributed by atoms with van der Waals surface area (Å²) in [5.74, 6) is 0.729. The van der Waals surface area contributed by atoms with Crippen LogP contribution in [0.25, 0.3) is 0 Å². The zero-order valence-electron chi connectivity index (χ0n) is 12.1. The molecule has 1 rings (SSSR count). The number of hydrogen-bond donors (Lipinski definition) is 1. The van der Waals surface area contributed by atoms with Gasteiger partial charge >= 0.3 is 0 Å². The average Bonchev–Trinajstić information content (AvgIpc) is 2.38. The van der Waals surface area contributed by atoms with Gasteiger partial charge in [0.05, 0.1) is 13.7 Å². The summed E-state index contributed by atoms with van der Waals surface area (Å²) in [6.07, 6.45) is 3.87. The summed E-state index contributed by atoms with van der Waals surface area (Å²) in [6.45, 7) is 8.78. The molecule has 0 radical (unpaired) electrons. The van der Waals surface area contributed by atoms with Gasteiger partial charge in [0.1, 0.15) is 0 Å². The second-order valence-electron chi connectivity index (χ2n) is 5.22. The Morgan fingerprint density at radius 2 is 2.11 bits per heavy atom. The minimum atomic E-state index is -1.56.